The van der Waals surface area contributed by atoms with Crippen molar-refractivity contribution in [3.63, 3.8) is 0 Å². The van der Waals surface area contributed by atoms with Crippen molar-refractivity contribution in [3.05, 3.63) is 65.7 Å². The minimum Gasteiger partial charge on any atom is -0.497 e. The van der Waals surface area contributed by atoms with Gasteiger partial charge in [0.05, 0.1) is 7.11 Å². The highest BCUT2D eigenvalue weighted by atomic mass is 16.5. The molecule has 0 saturated heterocycles. The van der Waals surface area contributed by atoms with Gasteiger partial charge in [0, 0.05) is 12.6 Å². The topological polar surface area (TPSA) is 21.3 Å². The van der Waals surface area contributed by atoms with Crippen LogP contribution >= 0.6 is 0 Å². The molecule has 0 heterocycles. The molecule has 1 unspecified atom stereocenters. The number of methoxy groups -OCH3 is 1. The van der Waals surface area contributed by atoms with Crippen LogP contribution in [0.1, 0.15) is 24.5 Å². The van der Waals surface area contributed by atoms with E-state index in [1.807, 2.05) is 6.07 Å². The van der Waals surface area contributed by atoms with E-state index in [4.69, 9.17) is 4.74 Å². The number of benzene rings is 2. The molecule has 0 radical (unpaired) electrons. The second kappa shape index (κ2) is 7.71. The number of aryl methyl sites for hydroxylation is 1. The fourth-order valence-electron chi connectivity index (χ4n) is 2.20. The van der Waals surface area contributed by atoms with Crippen molar-refractivity contribution in [1.82, 2.24) is 5.32 Å². The molecule has 0 saturated carbocycles. The molecule has 2 heteroatoms. The van der Waals surface area contributed by atoms with E-state index in [2.05, 4.69) is 60.8 Å². The molecule has 1 atom stereocenters. The maximum Gasteiger partial charge on any atom is 0.119 e. The Morgan fingerprint density at radius 1 is 1.00 bits per heavy atom. The van der Waals surface area contributed by atoms with Crippen LogP contribution in [0.2, 0.25) is 0 Å². The van der Waals surface area contributed by atoms with E-state index < -0.39 is 0 Å². The first-order valence-corrected chi connectivity index (χ1v) is 7.18. The van der Waals surface area contributed by atoms with Gasteiger partial charge in [0.25, 0.3) is 0 Å². The van der Waals surface area contributed by atoms with E-state index in [0.29, 0.717) is 6.04 Å². The Hall–Kier alpha value is -1.80. The monoisotopic (exact) mass is 269 g/mol. The normalized spacial score (nSPS) is 12.1. The third-order valence-electron chi connectivity index (χ3n) is 3.50. The van der Waals surface area contributed by atoms with Gasteiger partial charge in [0.15, 0.2) is 0 Å². The second-order valence-electron chi connectivity index (χ2n) is 5.16. The highest BCUT2D eigenvalue weighted by molar-refractivity contribution is 5.28. The molecule has 106 valence electrons. The third-order valence-corrected chi connectivity index (χ3v) is 3.50. The lowest BCUT2D eigenvalue weighted by Crippen LogP contribution is -2.25. The smallest absolute Gasteiger partial charge is 0.119 e. The van der Waals surface area contributed by atoms with E-state index in [1.165, 1.54) is 11.1 Å². The zero-order valence-electron chi connectivity index (χ0n) is 12.3. The van der Waals surface area contributed by atoms with Crippen LogP contribution in [0.25, 0.3) is 0 Å². The lowest BCUT2D eigenvalue weighted by molar-refractivity contribution is 0.414. The third kappa shape index (κ3) is 4.71. The standard InChI is InChI=1S/C18H23NO/c1-15(19-14-17-7-4-3-5-8-17)11-12-16-9-6-10-18(13-16)20-2/h3-10,13,15,19H,11-12,14H2,1-2H3. The molecule has 2 nitrogen and oxygen atoms in total. The van der Waals surface area contributed by atoms with Gasteiger partial charge in [-0.3, -0.25) is 0 Å². The van der Waals surface area contributed by atoms with Crippen molar-refractivity contribution >= 4 is 0 Å². The fraction of sp³-hybridized carbons (Fsp3) is 0.333. The summed E-state index contributed by atoms with van der Waals surface area (Å²) in [6, 6.07) is 19.3. The van der Waals surface area contributed by atoms with Crippen LogP contribution in [0.5, 0.6) is 5.75 Å². The molecular weight excluding hydrogens is 246 g/mol. The molecule has 0 aromatic heterocycles. The van der Waals surface area contributed by atoms with Gasteiger partial charge >= 0.3 is 0 Å². The fourth-order valence-corrected chi connectivity index (χ4v) is 2.20. The zero-order valence-corrected chi connectivity index (χ0v) is 12.3. The van der Waals surface area contributed by atoms with Crippen LogP contribution in [0.3, 0.4) is 0 Å². The van der Waals surface area contributed by atoms with Gasteiger partial charge in [0.2, 0.25) is 0 Å². The molecule has 2 rings (SSSR count). The summed E-state index contributed by atoms with van der Waals surface area (Å²) in [5, 5.41) is 3.57. The van der Waals surface area contributed by atoms with E-state index in [9.17, 15) is 0 Å². The lowest BCUT2D eigenvalue weighted by Gasteiger charge is -2.14. The molecule has 0 amide bonds. The summed E-state index contributed by atoms with van der Waals surface area (Å²) in [6.07, 6.45) is 2.19. The molecule has 20 heavy (non-hydrogen) atoms. The summed E-state index contributed by atoms with van der Waals surface area (Å²) in [5.41, 5.74) is 2.67. The SMILES string of the molecule is COc1cccc(CCC(C)NCc2ccccc2)c1. The molecule has 0 spiro atoms. The molecule has 0 fully saturated rings. The lowest BCUT2D eigenvalue weighted by atomic mass is 10.1. The average molecular weight is 269 g/mol. The Kier molecular flexibility index (Phi) is 5.63. The van der Waals surface area contributed by atoms with Gasteiger partial charge in [-0.15, -0.1) is 0 Å². The van der Waals surface area contributed by atoms with Gasteiger partial charge in [-0.25, -0.2) is 0 Å². The first-order chi connectivity index (χ1) is 9.78. The molecule has 1 N–H and O–H groups in total. The van der Waals surface area contributed by atoms with Crippen LogP contribution in [0, 0.1) is 0 Å². The van der Waals surface area contributed by atoms with Crippen molar-refractivity contribution in [2.45, 2.75) is 32.4 Å². The van der Waals surface area contributed by atoms with Crippen LogP contribution in [0.4, 0.5) is 0 Å². The molecule has 2 aromatic carbocycles. The summed E-state index contributed by atoms with van der Waals surface area (Å²) in [5.74, 6) is 0.937. The molecule has 0 bridgehead atoms. The number of nitrogens with one attached hydrogen (secondary N) is 1. The molecule has 0 aliphatic rings. The Balaban J connectivity index is 1.75. The van der Waals surface area contributed by atoms with Crippen LogP contribution in [0.15, 0.2) is 54.6 Å². The van der Waals surface area contributed by atoms with Crippen molar-refractivity contribution in [2.75, 3.05) is 7.11 Å². The molecule has 0 aliphatic heterocycles. The van der Waals surface area contributed by atoms with E-state index >= 15 is 0 Å². The summed E-state index contributed by atoms with van der Waals surface area (Å²) in [4.78, 5) is 0. The van der Waals surface area contributed by atoms with Crippen molar-refractivity contribution in [3.8, 4) is 5.75 Å². The Bertz CT molecular complexity index is 510. The summed E-state index contributed by atoms with van der Waals surface area (Å²) in [7, 11) is 1.71. The van der Waals surface area contributed by atoms with E-state index in [0.717, 1.165) is 25.1 Å². The summed E-state index contributed by atoms with van der Waals surface area (Å²) in [6.45, 7) is 3.17. The highest BCUT2D eigenvalue weighted by Gasteiger charge is 2.03. The first kappa shape index (κ1) is 14.6. The van der Waals surface area contributed by atoms with Crippen molar-refractivity contribution < 1.29 is 4.74 Å². The summed E-state index contributed by atoms with van der Waals surface area (Å²) < 4.78 is 5.25. The largest absolute Gasteiger partial charge is 0.497 e. The van der Waals surface area contributed by atoms with Crippen molar-refractivity contribution in [2.24, 2.45) is 0 Å². The van der Waals surface area contributed by atoms with Gasteiger partial charge in [-0.2, -0.15) is 0 Å². The van der Waals surface area contributed by atoms with Crippen LogP contribution < -0.4 is 10.1 Å². The minimum atomic E-state index is 0.501. The molecule has 2 aromatic rings. The van der Waals surface area contributed by atoms with E-state index in [-0.39, 0.29) is 0 Å². The second-order valence-corrected chi connectivity index (χ2v) is 5.16. The van der Waals surface area contributed by atoms with Gasteiger partial charge in [-0.05, 0) is 43.0 Å². The van der Waals surface area contributed by atoms with Crippen LogP contribution in [-0.2, 0) is 13.0 Å². The number of hydrogen-bond acceptors (Lipinski definition) is 2. The van der Waals surface area contributed by atoms with Gasteiger partial charge in [-0.1, -0.05) is 42.5 Å². The minimum absolute atomic E-state index is 0.501. The Labute approximate surface area is 121 Å². The predicted octanol–water partition coefficient (Wildman–Crippen LogP) is 3.81. The maximum absolute atomic E-state index is 5.25. The van der Waals surface area contributed by atoms with E-state index in [1.54, 1.807) is 7.11 Å². The highest BCUT2D eigenvalue weighted by Crippen LogP contribution is 2.14. The zero-order chi connectivity index (χ0) is 14.2. The van der Waals surface area contributed by atoms with Crippen molar-refractivity contribution in [1.29, 1.82) is 0 Å². The average Bonchev–Trinajstić information content (AvgIpc) is 2.52. The molecule has 0 aliphatic carbocycles. The first-order valence-electron chi connectivity index (χ1n) is 7.18. The predicted molar refractivity (Wildman–Crippen MR) is 84.1 cm³/mol. The summed E-state index contributed by atoms with van der Waals surface area (Å²) >= 11 is 0. The maximum atomic E-state index is 5.25. The van der Waals surface area contributed by atoms with Gasteiger partial charge < -0.3 is 10.1 Å². The Morgan fingerprint density at radius 2 is 1.75 bits per heavy atom. The van der Waals surface area contributed by atoms with Gasteiger partial charge in [0.1, 0.15) is 5.75 Å². The number of hydrogen-bond donors (Lipinski definition) is 1. The quantitative estimate of drug-likeness (QED) is 0.825. The number of rotatable bonds is 7. The molecular formula is C18H23NO. The number of ether oxygens (including phenoxy) is 1. The Morgan fingerprint density at radius 3 is 2.50 bits per heavy atom. The van der Waals surface area contributed by atoms with Crippen LogP contribution in [-0.4, -0.2) is 13.2 Å².